The summed E-state index contributed by atoms with van der Waals surface area (Å²) in [6.45, 7) is 0. The molecule has 0 bridgehead atoms. The molecule has 0 saturated heterocycles. The van der Waals surface area contributed by atoms with Gasteiger partial charge in [-0.15, -0.1) is 12.4 Å². The van der Waals surface area contributed by atoms with Crippen LogP contribution in [0.2, 0.25) is 0 Å². The molecule has 0 radical (unpaired) electrons. The first-order chi connectivity index (χ1) is 10.9. The minimum absolute atomic E-state index is 0. The van der Waals surface area contributed by atoms with Crippen molar-refractivity contribution in [2.45, 2.75) is 6.42 Å². The lowest BCUT2D eigenvalue weighted by Gasteiger charge is -2.09. The number of anilines is 1. The molecule has 3 rings (SSSR count). The normalized spacial score (nSPS) is 11.9. The van der Waals surface area contributed by atoms with Gasteiger partial charge in [-0.1, -0.05) is 12.1 Å². The molecule has 0 aliphatic carbocycles. The Balaban J connectivity index is 0.00000208. The third-order valence-electron chi connectivity index (χ3n) is 3.54. The Morgan fingerprint density at radius 2 is 1.92 bits per heavy atom. The quantitative estimate of drug-likeness (QED) is 0.497. The predicted octanol–water partition coefficient (Wildman–Crippen LogP) is 1.87. The van der Waals surface area contributed by atoms with Crippen molar-refractivity contribution in [1.29, 1.82) is 0 Å². The standard InChI is InChI=1S/C16H14N4O3.ClH/c17-16(18)19-10-3-4-11(15(22)23)12(7-10)8-1-2-9-6-14(21)20-13(9)5-8;/h1-5,7H,6H2,(H,20,21)(H,22,23)(H4,17,18,19);1H. The number of halogens is 1. The van der Waals surface area contributed by atoms with Crippen LogP contribution in [0.3, 0.4) is 0 Å². The number of hydrogen-bond acceptors (Lipinski definition) is 3. The summed E-state index contributed by atoms with van der Waals surface area (Å²) in [4.78, 5) is 26.8. The van der Waals surface area contributed by atoms with Crippen molar-refractivity contribution in [2.24, 2.45) is 16.5 Å². The largest absolute Gasteiger partial charge is 0.478 e. The first-order valence-corrected chi connectivity index (χ1v) is 6.84. The van der Waals surface area contributed by atoms with Crippen LogP contribution >= 0.6 is 12.4 Å². The molecule has 0 saturated carbocycles. The van der Waals surface area contributed by atoms with Gasteiger partial charge in [-0.2, -0.15) is 0 Å². The summed E-state index contributed by atoms with van der Waals surface area (Å²) in [5, 5.41) is 12.1. The van der Waals surface area contributed by atoms with Crippen LogP contribution in [-0.2, 0) is 11.2 Å². The smallest absolute Gasteiger partial charge is 0.336 e. The number of carboxylic acid groups (broad SMARTS) is 1. The first-order valence-electron chi connectivity index (χ1n) is 6.84. The van der Waals surface area contributed by atoms with Crippen LogP contribution in [0.5, 0.6) is 0 Å². The monoisotopic (exact) mass is 346 g/mol. The van der Waals surface area contributed by atoms with E-state index in [0.29, 0.717) is 28.9 Å². The molecule has 0 unspecified atom stereocenters. The van der Waals surface area contributed by atoms with E-state index in [1.165, 1.54) is 12.1 Å². The van der Waals surface area contributed by atoms with Gasteiger partial charge in [-0.05, 0) is 41.0 Å². The van der Waals surface area contributed by atoms with Gasteiger partial charge in [-0.25, -0.2) is 9.79 Å². The summed E-state index contributed by atoms with van der Waals surface area (Å²) in [7, 11) is 0. The number of carbonyl (C=O) groups excluding carboxylic acids is 1. The number of guanidine groups is 1. The highest BCUT2D eigenvalue weighted by molar-refractivity contribution is 6.01. The molecule has 124 valence electrons. The van der Waals surface area contributed by atoms with Crippen molar-refractivity contribution in [3.63, 3.8) is 0 Å². The van der Waals surface area contributed by atoms with Crippen LogP contribution in [0.15, 0.2) is 41.4 Å². The van der Waals surface area contributed by atoms with Crippen molar-refractivity contribution in [1.82, 2.24) is 0 Å². The van der Waals surface area contributed by atoms with Gasteiger partial charge in [0.25, 0.3) is 0 Å². The summed E-state index contributed by atoms with van der Waals surface area (Å²) in [5.41, 5.74) is 14.0. The third kappa shape index (κ3) is 3.31. The number of amides is 1. The molecule has 1 aliphatic heterocycles. The van der Waals surface area contributed by atoms with Gasteiger partial charge < -0.3 is 21.9 Å². The molecule has 8 heteroatoms. The fourth-order valence-corrected chi connectivity index (χ4v) is 2.56. The summed E-state index contributed by atoms with van der Waals surface area (Å²) in [5.74, 6) is -1.24. The number of nitrogens with zero attached hydrogens (tertiary/aromatic N) is 1. The molecule has 6 N–H and O–H groups in total. The molecule has 0 aromatic heterocycles. The van der Waals surface area contributed by atoms with Crippen molar-refractivity contribution in [2.75, 3.05) is 5.32 Å². The van der Waals surface area contributed by atoms with E-state index in [2.05, 4.69) is 10.3 Å². The summed E-state index contributed by atoms with van der Waals surface area (Å²) >= 11 is 0. The Morgan fingerprint density at radius 1 is 1.17 bits per heavy atom. The zero-order chi connectivity index (χ0) is 16.6. The van der Waals surface area contributed by atoms with Crippen LogP contribution in [0, 0.1) is 0 Å². The summed E-state index contributed by atoms with van der Waals surface area (Å²) < 4.78 is 0. The van der Waals surface area contributed by atoms with E-state index in [-0.39, 0.29) is 29.8 Å². The molecule has 2 aromatic rings. The number of hydrogen-bond donors (Lipinski definition) is 4. The van der Waals surface area contributed by atoms with Crippen LogP contribution < -0.4 is 16.8 Å². The molecule has 1 amide bonds. The number of nitrogens with one attached hydrogen (secondary N) is 1. The molecule has 2 aromatic carbocycles. The number of carboxylic acids is 1. The maximum absolute atomic E-state index is 11.5. The SMILES string of the molecule is Cl.NC(N)=Nc1ccc(C(=O)O)c(-c2ccc3c(c2)NC(=O)C3)c1. The van der Waals surface area contributed by atoms with Crippen molar-refractivity contribution in [3.05, 3.63) is 47.5 Å². The topological polar surface area (TPSA) is 131 Å². The summed E-state index contributed by atoms with van der Waals surface area (Å²) in [6, 6.07) is 9.91. The zero-order valence-corrected chi connectivity index (χ0v) is 13.3. The Hall–Kier alpha value is -3.06. The Morgan fingerprint density at radius 3 is 2.58 bits per heavy atom. The zero-order valence-electron chi connectivity index (χ0n) is 12.4. The predicted molar refractivity (Wildman–Crippen MR) is 93.9 cm³/mol. The van der Waals surface area contributed by atoms with Gasteiger partial charge in [0.05, 0.1) is 17.7 Å². The number of aromatic carboxylic acids is 1. The number of benzene rings is 2. The Kier molecular flexibility index (Phi) is 4.75. The van der Waals surface area contributed by atoms with Crippen LogP contribution in [0.4, 0.5) is 11.4 Å². The highest BCUT2D eigenvalue weighted by Crippen LogP contribution is 2.33. The number of fused-ring (bicyclic) bond motifs is 1. The van der Waals surface area contributed by atoms with E-state index in [0.717, 1.165) is 5.56 Å². The van der Waals surface area contributed by atoms with E-state index in [4.69, 9.17) is 11.5 Å². The molecule has 24 heavy (non-hydrogen) atoms. The Bertz CT molecular complexity index is 860. The molecule has 1 heterocycles. The van der Waals surface area contributed by atoms with Gasteiger partial charge in [0.1, 0.15) is 0 Å². The minimum atomic E-state index is -1.05. The van der Waals surface area contributed by atoms with Crippen LogP contribution in [-0.4, -0.2) is 22.9 Å². The molecule has 1 aliphatic rings. The van der Waals surface area contributed by atoms with Crippen molar-refractivity contribution >= 4 is 41.6 Å². The molecule has 0 fully saturated rings. The average molecular weight is 347 g/mol. The van der Waals surface area contributed by atoms with Crippen molar-refractivity contribution in [3.8, 4) is 11.1 Å². The minimum Gasteiger partial charge on any atom is -0.478 e. The lowest BCUT2D eigenvalue weighted by Crippen LogP contribution is -2.21. The van der Waals surface area contributed by atoms with Gasteiger partial charge in [0, 0.05) is 5.69 Å². The number of aliphatic imine (C=N–C) groups is 1. The van der Waals surface area contributed by atoms with E-state index < -0.39 is 5.97 Å². The highest BCUT2D eigenvalue weighted by atomic mass is 35.5. The molecular formula is C16H15ClN4O3. The van der Waals surface area contributed by atoms with Gasteiger partial charge in [0.15, 0.2) is 5.96 Å². The van der Waals surface area contributed by atoms with Gasteiger partial charge in [-0.3, -0.25) is 4.79 Å². The third-order valence-corrected chi connectivity index (χ3v) is 3.54. The first kappa shape index (κ1) is 17.3. The molecule has 7 nitrogen and oxygen atoms in total. The second-order valence-electron chi connectivity index (χ2n) is 5.17. The lowest BCUT2D eigenvalue weighted by atomic mass is 9.97. The van der Waals surface area contributed by atoms with Crippen LogP contribution in [0.25, 0.3) is 11.1 Å². The second kappa shape index (κ2) is 6.59. The maximum Gasteiger partial charge on any atom is 0.336 e. The maximum atomic E-state index is 11.5. The van der Waals surface area contributed by atoms with Crippen molar-refractivity contribution < 1.29 is 14.7 Å². The number of carbonyl (C=O) groups is 2. The van der Waals surface area contributed by atoms with E-state index >= 15 is 0 Å². The lowest BCUT2D eigenvalue weighted by molar-refractivity contribution is -0.115. The van der Waals surface area contributed by atoms with E-state index in [9.17, 15) is 14.7 Å². The molecule has 0 spiro atoms. The highest BCUT2D eigenvalue weighted by Gasteiger charge is 2.19. The number of nitrogens with two attached hydrogens (primary N) is 2. The summed E-state index contributed by atoms with van der Waals surface area (Å²) in [6.07, 6.45) is 0.329. The number of rotatable bonds is 3. The second-order valence-corrected chi connectivity index (χ2v) is 5.17. The van der Waals surface area contributed by atoms with E-state index in [1.54, 1.807) is 24.3 Å². The Labute approximate surface area is 143 Å². The molecule has 0 atom stereocenters. The van der Waals surface area contributed by atoms with Gasteiger partial charge >= 0.3 is 5.97 Å². The fraction of sp³-hybridized carbons (Fsp3) is 0.0625. The van der Waals surface area contributed by atoms with E-state index in [1.807, 2.05) is 0 Å². The fourth-order valence-electron chi connectivity index (χ4n) is 2.56. The average Bonchev–Trinajstić information content (AvgIpc) is 2.85. The van der Waals surface area contributed by atoms with Crippen LogP contribution in [0.1, 0.15) is 15.9 Å². The van der Waals surface area contributed by atoms with Gasteiger partial charge in [0.2, 0.25) is 5.91 Å². The molecular weight excluding hydrogens is 332 g/mol.